The highest BCUT2D eigenvalue weighted by Gasteiger charge is 2.46. The Morgan fingerprint density at radius 2 is 2.06 bits per heavy atom. The first-order valence-electron chi connectivity index (χ1n) is 7.07. The van der Waals surface area contributed by atoms with Gasteiger partial charge in [0.05, 0.1) is 0 Å². The van der Waals surface area contributed by atoms with Gasteiger partial charge in [-0.2, -0.15) is 0 Å². The van der Waals surface area contributed by atoms with Gasteiger partial charge in [0.25, 0.3) is 0 Å². The van der Waals surface area contributed by atoms with Gasteiger partial charge in [0.2, 0.25) is 0 Å². The molecule has 1 aliphatic heterocycles. The molecule has 94 valence electrons. The highest BCUT2D eigenvalue weighted by Crippen LogP contribution is 2.41. The van der Waals surface area contributed by atoms with Crippen LogP contribution in [0.3, 0.4) is 0 Å². The van der Waals surface area contributed by atoms with Gasteiger partial charge in [-0.1, -0.05) is 13.3 Å². The normalized spacial score (nSPS) is 36.9. The van der Waals surface area contributed by atoms with Crippen LogP contribution < -0.4 is 5.32 Å². The summed E-state index contributed by atoms with van der Waals surface area (Å²) in [6.45, 7) is 11.9. The zero-order valence-electron chi connectivity index (χ0n) is 11.4. The van der Waals surface area contributed by atoms with E-state index in [1.165, 1.54) is 38.8 Å². The first-order valence-corrected chi connectivity index (χ1v) is 7.07. The van der Waals surface area contributed by atoms with Crippen LogP contribution in [0.1, 0.15) is 53.4 Å². The van der Waals surface area contributed by atoms with Crippen molar-refractivity contribution in [2.24, 2.45) is 5.92 Å². The van der Waals surface area contributed by atoms with Crippen LogP contribution in [0.5, 0.6) is 0 Å². The van der Waals surface area contributed by atoms with E-state index < -0.39 is 0 Å². The van der Waals surface area contributed by atoms with Crippen molar-refractivity contribution in [2.75, 3.05) is 13.1 Å². The number of rotatable bonds is 4. The lowest BCUT2D eigenvalue weighted by molar-refractivity contribution is 0.0457. The van der Waals surface area contributed by atoms with Gasteiger partial charge >= 0.3 is 0 Å². The van der Waals surface area contributed by atoms with E-state index >= 15 is 0 Å². The van der Waals surface area contributed by atoms with Gasteiger partial charge < -0.3 is 5.32 Å². The molecule has 1 heterocycles. The van der Waals surface area contributed by atoms with Crippen LogP contribution in [-0.2, 0) is 0 Å². The summed E-state index contributed by atoms with van der Waals surface area (Å²) in [6, 6.07) is 1.45. The van der Waals surface area contributed by atoms with E-state index in [1.807, 2.05) is 0 Å². The first-order chi connectivity index (χ1) is 7.57. The van der Waals surface area contributed by atoms with Crippen molar-refractivity contribution < 1.29 is 0 Å². The van der Waals surface area contributed by atoms with E-state index in [1.54, 1.807) is 0 Å². The number of piperazine rings is 1. The smallest absolute Gasteiger partial charge is 0.0309 e. The lowest BCUT2D eigenvalue weighted by Gasteiger charge is -2.48. The summed E-state index contributed by atoms with van der Waals surface area (Å²) in [7, 11) is 0. The standard InChI is InChI=1S/C14H28N2/c1-5-6-13-9-15-14(4,12-7-8-12)10-16(13)11(2)3/h11-13,15H,5-10H2,1-4H3. The zero-order valence-corrected chi connectivity index (χ0v) is 11.4. The maximum absolute atomic E-state index is 3.84. The Balaban J connectivity index is 2.02. The van der Waals surface area contributed by atoms with Gasteiger partial charge in [0, 0.05) is 30.7 Å². The van der Waals surface area contributed by atoms with Crippen molar-refractivity contribution in [3.05, 3.63) is 0 Å². The Hall–Kier alpha value is -0.0800. The zero-order chi connectivity index (χ0) is 11.8. The second-order valence-corrected chi connectivity index (χ2v) is 6.28. The maximum Gasteiger partial charge on any atom is 0.0309 e. The predicted octanol–water partition coefficient (Wildman–Crippen LogP) is 2.64. The molecule has 2 fully saturated rings. The molecule has 2 unspecified atom stereocenters. The van der Waals surface area contributed by atoms with E-state index in [2.05, 4.69) is 37.9 Å². The van der Waals surface area contributed by atoms with Crippen molar-refractivity contribution in [3.63, 3.8) is 0 Å². The fraction of sp³-hybridized carbons (Fsp3) is 1.00. The fourth-order valence-corrected chi connectivity index (χ4v) is 3.23. The van der Waals surface area contributed by atoms with Crippen molar-refractivity contribution in [1.82, 2.24) is 10.2 Å². The van der Waals surface area contributed by atoms with Crippen molar-refractivity contribution >= 4 is 0 Å². The van der Waals surface area contributed by atoms with Crippen LogP contribution in [0.15, 0.2) is 0 Å². The molecule has 16 heavy (non-hydrogen) atoms. The number of nitrogens with zero attached hydrogens (tertiary/aromatic N) is 1. The monoisotopic (exact) mass is 224 g/mol. The van der Waals surface area contributed by atoms with Crippen molar-refractivity contribution in [3.8, 4) is 0 Å². The lowest BCUT2D eigenvalue weighted by atomic mass is 9.89. The van der Waals surface area contributed by atoms with Gasteiger partial charge in [-0.25, -0.2) is 0 Å². The number of hydrogen-bond donors (Lipinski definition) is 1. The first kappa shape index (κ1) is 12.4. The molecule has 0 bridgehead atoms. The summed E-state index contributed by atoms with van der Waals surface area (Å²) in [5, 5.41) is 3.84. The number of nitrogens with one attached hydrogen (secondary N) is 1. The molecule has 0 aromatic rings. The molecule has 0 radical (unpaired) electrons. The molecular weight excluding hydrogens is 196 g/mol. The minimum atomic E-state index is 0.397. The largest absolute Gasteiger partial charge is 0.308 e. The SMILES string of the molecule is CCCC1CNC(C)(C2CC2)CN1C(C)C. The van der Waals surface area contributed by atoms with E-state index in [4.69, 9.17) is 0 Å². The van der Waals surface area contributed by atoms with Gasteiger partial charge in [-0.05, 0) is 46.0 Å². The molecule has 2 rings (SSSR count). The summed E-state index contributed by atoms with van der Waals surface area (Å²) in [6.07, 6.45) is 5.52. The van der Waals surface area contributed by atoms with E-state index in [0.29, 0.717) is 11.6 Å². The molecule has 1 aliphatic carbocycles. The fourth-order valence-electron chi connectivity index (χ4n) is 3.23. The average Bonchev–Trinajstić information content (AvgIpc) is 3.04. The van der Waals surface area contributed by atoms with Crippen LogP contribution in [0, 0.1) is 5.92 Å². The second-order valence-electron chi connectivity index (χ2n) is 6.28. The topological polar surface area (TPSA) is 15.3 Å². The Morgan fingerprint density at radius 3 is 2.56 bits per heavy atom. The lowest BCUT2D eigenvalue weighted by Crippen LogP contribution is -2.65. The Bertz CT molecular complexity index is 235. The maximum atomic E-state index is 3.84. The van der Waals surface area contributed by atoms with Crippen LogP contribution in [0.2, 0.25) is 0 Å². The molecule has 0 aromatic carbocycles. The van der Waals surface area contributed by atoms with Crippen LogP contribution >= 0.6 is 0 Å². The Kier molecular flexibility index (Phi) is 3.60. The summed E-state index contributed by atoms with van der Waals surface area (Å²) >= 11 is 0. The van der Waals surface area contributed by atoms with Crippen LogP contribution in [-0.4, -0.2) is 35.6 Å². The summed E-state index contributed by atoms with van der Waals surface area (Å²) in [5.74, 6) is 0.941. The van der Waals surface area contributed by atoms with E-state index in [9.17, 15) is 0 Å². The van der Waals surface area contributed by atoms with Crippen molar-refractivity contribution in [2.45, 2.75) is 71.0 Å². The third-order valence-electron chi connectivity index (χ3n) is 4.49. The van der Waals surface area contributed by atoms with E-state index in [-0.39, 0.29) is 0 Å². The Morgan fingerprint density at radius 1 is 1.38 bits per heavy atom. The minimum absolute atomic E-state index is 0.397. The Labute approximate surface area is 101 Å². The molecule has 2 atom stereocenters. The summed E-state index contributed by atoms with van der Waals surface area (Å²) in [5.41, 5.74) is 0.397. The average molecular weight is 224 g/mol. The summed E-state index contributed by atoms with van der Waals surface area (Å²) < 4.78 is 0. The molecular formula is C14H28N2. The van der Waals surface area contributed by atoms with Crippen molar-refractivity contribution in [1.29, 1.82) is 0 Å². The molecule has 0 aromatic heterocycles. The highest BCUT2D eigenvalue weighted by molar-refractivity contribution is 5.04. The van der Waals surface area contributed by atoms with Gasteiger partial charge in [-0.15, -0.1) is 0 Å². The van der Waals surface area contributed by atoms with Crippen LogP contribution in [0.25, 0.3) is 0 Å². The molecule has 2 heteroatoms. The van der Waals surface area contributed by atoms with Gasteiger partial charge in [0.15, 0.2) is 0 Å². The highest BCUT2D eigenvalue weighted by atomic mass is 15.3. The quantitative estimate of drug-likeness (QED) is 0.790. The molecule has 2 aliphatic rings. The predicted molar refractivity (Wildman–Crippen MR) is 69.7 cm³/mol. The van der Waals surface area contributed by atoms with Crippen LogP contribution in [0.4, 0.5) is 0 Å². The second kappa shape index (κ2) is 4.66. The van der Waals surface area contributed by atoms with E-state index in [0.717, 1.165) is 12.0 Å². The molecule has 1 saturated carbocycles. The molecule has 1 N–H and O–H groups in total. The third kappa shape index (κ3) is 2.43. The number of hydrogen-bond acceptors (Lipinski definition) is 2. The molecule has 1 saturated heterocycles. The minimum Gasteiger partial charge on any atom is -0.308 e. The molecule has 0 spiro atoms. The molecule has 2 nitrogen and oxygen atoms in total. The summed E-state index contributed by atoms with van der Waals surface area (Å²) in [4.78, 5) is 2.73. The molecule has 0 amide bonds. The third-order valence-corrected chi connectivity index (χ3v) is 4.49. The van der Waals surface area contributed by atoms with Gasteiger partial charge in [-0.3, -0.25) is 4.90 Å². The van der Waals surface area contributed by atoms with Gasteiger partial charge in [0.1, 0.15) is 0 Å².